The van der Waals surface area contributed by atoms with E-state index in [9.17, 15) is 43.3 Å². The molecule has 0 spiro atoms. The molecule has 0 fully saturated rings. The van der Waals surface area contributed by atoms with E-state index in [1.54, 1.807) is 49.6 Å². The maximum atomic E-state index is 13.9. The lowest BCUT2D eigenvalue weighted by molar-refractivity contribution is -0.216. The van der Waals surface area contributed by atoms with Crippen molar-refractivity contribution in [1.29, 1.82) is 0 Å². The Morgan fingerprint density at radius 2 is 1.75 bits per heavy atom. The van der Waals surface area contributed by atoms with Gasteiger partial charge in [-0.25, -0.2) is 18.4 Å². The highest BCUT2D eigenvalue weighted by Crippen LogP contribution is 2.36. The summed E-state index contributed by atoms with van der Waals surface area (Å²) in [5.41, 5.74) is 0.379. The molecule has 2 amide bonds. The molecule has 0 saturated carbocycles. The van der Waals surface area contributed by atoms with E-state index in [2.05, 4.69) is 10.6 Å². The quantitative estimate of drug-likeness (QED) is 0.173. The van der Waals surface area contributed by atoms with Gasteiger partial charge in [0.15, 0.2) is 0 Å². The van der Waals surface area contributed by atoms with Crippen LogP contribution in [0.15, 0.2) is 35.7 Å². The number of carboxylic acid groups (broad SMARTS) is 2. The second-order valence-electron chi connectivity index (χ2n) is 10.2. The Morgan fingerprint density at radius 3 is 2.33 bits per heavy atom. The molecule has 1 aliphatic rings. The minimum atomic E-state index is -3.69. The number of amides is 2. The van der Waals surface area contributed by atoms with Crippen LogP contribution in [-0.4, -0.2) is 74.0 Å². The molecule has 2 aromatic rings. The number of aliphatic hydroxyl groups is 2. The van der Waals surface area contributed by atoms with Crippen LogP contribution in [0.1, 0.15) is 47.5 Å². The lowest BCUT2D eigenvalue weighted by Crippen LogP contribution is -2.63. The fourth-order valence-electron chi connectivity index (χ4n) is 4.66. The number of halogens is 2. The molecule has 1 aromatic heterocycles. The summed E-state index contributed by atoms with van der Waals surface area (Å²) >= 11 is 0.999. The topological polar surface area (TPSA) is 185 Å². The molecule has 0 bridgehead atoms. The summed E-state index contributed by atoms with van der Waals surface area (Å²) in [4.78, 5) is 50.2. The first-order valence-corrected chi connectivity index (χ1v) is 13.3. The normalized spacial score (nSPS) is 18.1. The van der Waals surface area contributed by atoms with Crippen LogP contribution < -0.4 is 16.0 Å². The van der Waals surface area contributed by atoms with E-state index in [4.69, 9.17) is 5.11 Å². The van der Waals surface area contributed by atoms with Crippen LogP contribution in [0.2, 0.25) is 0 Å². The second kappa shape index (κ2) is 12.3. The van der Waals surface area contributed by atoms with Crippen LogP contribution in [0.3, 0.4) is 0 Å². The Bertz CT molecular complexity index is 1240. The maximum Gasteiger partial charge on any atom is 0.366 e. The predicted molar refractivity (Wildman–Crippen MR) is 140 cm³/mol. The fraction of sp³-hybridized carbons (Fsp3) is 0.462. The Balaban J connectivity index is 1.93. The summed E-state index contributed by atoms with van der Waals surface area (Å²) in [6.45, 7) is 3.46. The van der Waals surface area contributed by atoms with Gasteiger partial charge in [0.05, 0.1) is 6.04 Å². The van der Waals surface area contributed by atoms with Gasteiger partial charge in [0.2, 0.25) is 18.2 Å². The Labute approximate surface area is 232 Å². The molecule has 0 aliphatic carbocycles. The van der Waals surface area contributed by atoms with E-state index in [-0.39, 0.29) is 30.1 Å². The Morgan fingerprint density at radius 1 is 1.07 bits per heavy atom. The highest BCUT2D eigenvalue weighted by Gasteiger charge is 2.48. The average Bonchev–Trinajstić information content (AvgIpc) is 3.47. The molecule has 0 saturated heterocycles. The van der Waals surface area contributed by atoms with Gasteiger partial charge in [0.1, 0.15) is 16.5 Å². The fourth-order valence-corrected chi connectivity index (χ4v) is 5.42. The number of thiophene rings is 1. The molecule has 14 heteroatoms. The number of para-hydroxylation sites is 1. The van der Waals surface area contributed by atoms with Gasteiger partial charge >= 0.3 is 11.9 Å². The minimum absolute atomic E-state index is 0.00223. The number of hydrogen-bond acceptors (Lipinski definition) is 8. The van der Waals surface area contributed by atoms with E-state index in [0.717, 1.165) is 16.9 Å². The summed E-state index contributed by atoms with van der Waals surface area (Å²) in [6, 6.07) is 5.01. The number of aliphatic carboxylic acids is 1. The predicted octanol–water partition coefficient (Wildman–Crippen LogP) is 1.83. The van der Waals surface area contributed by atoms with Crippen molar-refractivity contribution in [1.82, 2.24) is 10.6 Å². The molecule has 2 heterocycles. The number of rotatable bonds is 13. The maximum absolute atomic E-state index is 13.9. The third-order valence-electron chi connectivity index (χ3n) is 6.61. The molecule has 1 aliphatic heterocycles. The molecule has 11 nitrogen and oxygen atoms in total. The summed E-state index contributed by atoms with van der Waals surface area (Å²) < 4.78 is 26.2. The van der Waals surface area contributed by atoms with Crippen LogP contribution in [0.25, 0.3) is 0 Å². The summed E-state index contributed by atoms with van der Waals surface area (Å²) in [5.74, 6) is -9.07. The number of benzene rings is 1. The van der Waals surface area contributed by atoms with Crippen LogP contribution >= 0.6 is 11.3 Å². The highest BCUT2D eigenvalue weighted by atomic mass is 32.1. The van der Waals surface area contributed by atoms with Gasteiger partial charge in [-0.15, -0.1) is 11.3 Å². The lowest BCUT2D eigenvalue weighted by Gasteiger charge is -2.33. The van der Waals surface area contributed by atoms with Crippen molar-refractivity contribution < 1.29 is 48.4 Å². The zero-order valence-corrected chi connectivity index (χ0v) is 22.5. The number of carbonyl (C=O) groups excluding carboxylic acids is 2. The number of aromatic carboxylic acids is 1. The van der Waals surface area contributed by atoms with Crippen molar-refractivity contribution in [2.24, 2.45) is 5.92 Å². The van der Waals surface area contributed by atoms with Crippen LogP contribution in [0.4, 0.5) is 14.5 Å². The molecule has 3 rings (SSSR count). The van der Waals surface area contributed by atoms with E-state index in [1.165, 1.54) is 0 Å². The standard InChI is InChI=1S/C26H31F2N3O8S/c1-13(2)9-17(21(32)30-18(10-19(27)28)26(38,39)24(36)37)29-23(35)25(11-14-5-3-4-6-16(14)31-25)12-15-7-8-40-20(15)22(33)34/h3-8,13,17-19,31,38-39H,9-12H2,1-2H3,(H,29,35)(H,30,32)(H,33,34)(H,36,37)/t17-,18-,25-/m0/s1. The molecule has 40 heavy (non-hydrogen) atoms. The summed E-state index contributed by atoms with van der Waals surface area (Å²) in [7, 11) is 0. The van der Waals surface area contributed by atoms with Crippen molar-refractivity contribution in [2.45, 2.75) is 69.4 Å². The zero-order valence-electron chi connectivity index (χ0n) is 21.7. The number of carbonyl (C=O) groups is 4. The van der Waals surface area contributed by atoms with Crippen molar-refractivity contribution in [2.75, 3.05) is 5.32 Å². The first kappa shape index (κ1) is 30.9. The van der Waals surface area contributed by atoms with Crippen LogP contribution in [-0.2, 0) is 27.2 Å². The number of alkyl halides is 2. The first-order valence-electron chi connectivity index (χ1n) is 12.4. The van der Waals surface area contributed by atoms with Crippen LogP contribution in [0.5, 0.6) is 0 Å². The number of nitrogens with one attached hydrogen (secondary N) is 3. The van der Waals surface area contributed by atoms with E-state index in [1.807, 2.05) is 5.32 Å². The largest absolute Gasteiger partial charge is 0.477 e. The van der Waals surface area contributed by atoms with Gasteiger partial charge in [-0.3, -0.25) is 9.59 Å². The van der Waals surface area contributed by atoms with E-state index >= 15 is 0 Å². The van der Waals surface area contributed by atoms with Crippen molar-refractivity contribution in [3.8, 4) is 0 Å². The van der Waals surface area contributed by atoms with E-state index in [0.29, 0.717) is 11.3 Å². The van der Waals surface area contributed by atoms with Crippen molar-refractivity contribution in [3.63, 3.8) is 0 Å². The number of anilines is 1. The third kappa shape index (κ3) is 6.92. The highest BCUT2D eigenvalue weighted by molar-refractivity contribution is 7.12. The smallest absolute Gasteiger partial charge is 0.366 e. The molecule has 7 N–H and O–H groups in total. The summed E-state index contributed by atoms with van der Waals surface area (Å²) in [6.07, 6.45) is -4.47. The van der Waals surface area contributed by atoms with Gasteiger partial charge < -0.3 is 36.4 Å². The molecule has 0 radical (unpaired) electrons. The van der Waals surface area contributed by atoms with Gasteiger partial charge in [-0.05, 0) is 41.0 Å². The molecule has 218 valence electrons. The SMILES string of the molecule is CC(C)C[C@H](NC(=O)[C@@]1(Cc2ccsc2C(=O)O)Cc2ccccc2N1)C(=O)N[C@@H](CC(F)F)C(O)(O)C(=O)O. The van der Waals surface area contributed by atoms with Gasteiger partial charge in [0, 0.05) is 24.9 Å². The lowest BCUT2D eigenvalue weighted by atomic mass is 9.86. The monoisotopic (exact) mass is 583 g/mol. The average molecular weight is 584 g/mol. The van der Waals surface area contributed by atoms with Gasteiger partial charge in [0.25, 0.3) is 5.79 Å². The van der Waals surface area contributed by atoms with Gasteiger partial charge in [-0.1, -0.05) is 32.0 Å². The number of fused-ring (bicyclic) bond motifs is 1. The number of hydrogen-bond donors (Lipinski definition) is 7. The molecule has 0 unspecified atom stereocenters. The Hall–Kier alpha value is -3.62. The number of carboxylic acids is 2. The Kier molecular flexibility index (Phi) is 9.48. The zero-order chi connectivity index (χ0) is 29.8. The van der Waals surface area contributed by atoms with Crippen molar-refractivity contribution in [3.05, 3.63) is 51.7 Å². The molecular weight excluding hydrogens is 552 g/mol. The van der Waals surface area contributed by atoms with E-state index < -0.39 is 60.0 Å². The third-order valence-corrected chi connectivity index (χ3v) is 7.56. The summed E-state index contributed by atoms with van der Waals surface area (Å²) in [5, 5.41) is 47.8. The van der Waals surface area contributed by atoms with Gasteiger partial charge in [-0.2, -0.15) is 0 Å². The molecule has 1 aromatic carbocycles. The van der Waals surface area contributed by atoms with Crippen LogP contribution in [0, 0.1) is 5.92 Å². The minimum Gasteiger partial charge on any atom is -0.477 e. The first-order chi connectivity index (χ1) is 18.7. The molecule has 3 atom stereocenters. The second-order valence-corrected chi connectivity index (χ2v) is 11.1. The van der Waals surface area contributed by atoms with Crippen molar-refractivity contribution >= 4 is 40.8 Å². The molecular formula is C26H31F2N3O8S.